The van der Waals surface area contributed by atoms with Crippen LogP contribution in [0.4, 0.5) is 0 Å². The van der Waals surface area contributed by atoms with Crippen molar-refractivity contribution in [2.45, 2.75) is 25.8 Å². The number of aliphatic carboxylic acids is 1. The molecule has 0 saturated heterocycles. The Kier molecular flexibility index (Phi) is 4.77. The first kappa shape index (κ1) is 10.0. The van der Waals surface area contributed by atoms with Gasteiger partial charge in [0.1, 0.15) is 0 Å². The van der Waals surface area contributed by atoms with Crippen molar-refractivity contribution in [2.24, 2.45) is 0 Å². The van der Waals surface area contributed by atoms with Crippen LogP contribution in [0.5, 0.6) is 0 Å². The van der Waals surface area contributed by atoms with Crippen LogP contribution in [0.25, 0.3) is 0 Å². The Hall–Kier alpha value is 0.01000. The number of carboxylic acid groups (broad SMARTS) is 1. The average Bonchev–Trinajstić information content (AvgIpc) is 1.82. The highest BCUT2D eigenvalue weighted by molar-refractivity contribution is 6.33. The molecule has 0 amide bonds. The third-order valence-electron chi connectivity index (χ3n) is 1.11. The maximum Gasteiger partial charge on any atom is 0.303 e. The van der Waals surface area contributed by atoms with Gasteiger partial charge in [0.15, 0.2) is 0 Å². The Morgan fingerprint density at radius 1 is 1.70 bits per heavy atom. The fraction of sp³-hybridized carbons (Fsp3) is 0.800. The minimum absolute atomic E-state index is 0.0944. The number of halogens is 2. The zero-order chi connectivity index (χ0) is 8.15. The maximum absolute atomic E-state index is 10.0. The Balaban J connectivity index is 3.39. The van der Waals surface area contributed by atoms with Gasteiger partial charge in [0.2, 0.25) is 0 Å². The van der Waals surface area contributed by atoms with E-state index in [1.165, 1.54) is 0 Å². The van der Waals surface area contributed by atoms with Crippen LogP contribution in [0.15, 0.2) is 0 Å². The Morgan fingerprint density at radius 2 is 2.20 bits per heavy atom. The highest BCUT2D eigenvalue weighted by Gasteiger charge is 2.09. The van der Waals surface area contributed by atoms with Crippen molar-refractivity contribution >= 4 is 29.5 Å². The summed E-state index contributed by atoms with van der Waals surface area (Å²) in [5, 5.41) is 8.24. The lowest BCUT2D eigenvalue weighted by atomic mass is 10.2. The van der Waals surface area contributed by atoms with Gasteiger partial charge in [-0.25, -0.2) is 0 Å². The largest absolute Gasteiger partial charge is 0.481 e. The van der Waals surface area contributed by atoms with Crippen molar-refractivity contribution < 1.29 is 9.90 Å². The molecule has 1 unspecified atom stereocenters. The molecule has 5 heteroatoms. The van der Waals surface area contributed by atoms with Gasteiger partial charge in [0, 0.05) is 12.5 Å². The highest BCUT2D eigenvalue weighted by Crippen LogP contribution is 2.11. The smallest absolute Gasteiger partial charge is 0.303 e. The van der Waals surface area contributed by atoms with Crippen LogP contribution in [-0.4, -0.2) is 21.1 Å². The lowest BCUT2D eigenvalue weighted by molar-refractivity contribution is -0.137. The van der Waals surface area contributed by atoms with Gasteiger partial charge in [0.25, 0.3) is 0 Å². The molecule has 0 heterocycles. The molecule has 0 aromatic carbocycles. The number of carbonyl (C=O) groups is 1. The predicted molar refractivity (Wildman–Crippen MR) is 39.9 cm³/mol. The normalized spacial score (nSPS) is 13.6. The number of hydrogen-bond donors (Lipinski definition) is 1. The Labute approximate surface area is 69.7 Å². The van der Waals surface area contributed by atoms with E-state index in [-0.39, 0.29) is 12.5 Å². The quantitative estimate of drug-likeness (QED) is 0.681. The van der Waals surface area contributed by atoms with Crippen LogP contribution >= 0.6 is 23.6 Å². The van der Waals surface area contributed by atoms with Gasteiger partial charge in [-0.15, -0.1) is 3.94 Å². The molecular weight excluding hydrogens is 177 g/mol. The van der Waals surface area contributed by atoms with Crippen LogP contribution in [0, 0.1) is 0 Å². The van der Waals surface area contributed by atoms with Crippen LogP contribution in [0.2, 0.25) is 0 Å². The van der Waals surface area contributed by atoms with E-state index in [4.69, 9.17) is 28.7 Å². The molecule has 0 aliphatic heterocycles. The lowest BCUT2D eigenvalue weighted by Crippen LogP contribution is -2.15. The summed E-state index contributed by atoms with van der Waals surface area (Å²) in [6, 6.07) is -0.112. The van der Waals surface area contributed by atoms with Crippen molar-refractivity contribution in [1.29, 1.82) is 0 Å². The highest BCUT2D eigenvalue weighted by atomic mass is 35.5. The summed E-state index contributed by atoms with van der Waals surface area (Å²) in [6.07, 6.45) is 0.555. The second-order valence-electron chi connectivity index (χ2n) is 2.04. The summed E-state index contributed by atoms with van der Waals surface area (Å²) >= 11 is 10.6. The van der Waals surface area contributed by atoms with E-state index in [1.54, 1.807) is 6.92 Å². The number of carboxylic acids is 1. The fourth-order valence-corrected chi connectivity index (χ4v) is 0.625. The second-order valence-corrected chi connectivity index (χ2v) is 2.94. The molecule has 0 spiro atoms. The van der Waals surface area contributed by atoms with Crippen LogP contribution in [0.1, 0.15) is 19.8 Å². The van der Waals surface area contributed by atoms with E-state index < -0.39 is 5.97 Å². The summed E-state index contributed by atoms with van der Waals surface area (Å²) < 4.78 is 0.961. The fourth-order valence-electron chi connectivity index (χ4n) is 0.430. The topological polar surface area (TPSA) is 40.5 Å². The Bertz CT molecular complexity index is 118. The van der Waals surface area contributed by atoms with Crippen molar-refractivity contribution in [3.63, 3.8) is 0 Å². The Morgan fingerprint density at radius 3 is 2.50 bits per heavy atom. The molecule has 1 atom stereocenters. The van der Waals surface area contributed by atoms with Gasteiger partial charge in [-0.1, -0.05) is 0 Å². The maximum atomic E-state index is 10.0. The molecule has 10 heavy (non-hydrogen) atoms. The van der Waals surface area contributed by atoms with Gasteiger partial charge in [-0.05, 0) is 36.9 Å². The van der Waals surface area contributed by atoms with Crippen LogP contribution in [-0.2, 0) is 4.79 Å². The molecule has 0 bridgehead atoms. The number of nitrogens with zero attached hydrogens (tertiary/aromatic N) is 1. The SMILES string of the molecule is CC(CCC(=O)O)N(Cl)Cl. The molecule has 0 saturated carbocycles. The van der Waals surface area contributed by atoms with E-state index in [9.17, 15) is 4.79 Å². The summed E-state index contributed by atoms with van der Waals surface area (Å²) in [4.78, 5) is 10.0. The molecule has 0 fully saturated rings. The van der Waals surface area contributed by atoms with E-state index in [1.807, 2.05) is 0 Å². The number of rotatable bonds is 4. The second kappa shape index (κ2) is 4.77. The van der Waals surface area contributed by atoms with Crippen LogP contribution < -0.4 is 0 Å². The van der Waals surface area contributed by atoms with Crippen LogP contribution in [0.3, 0.4) is 0 Å². The first-order valence-corrected chi connectivity index (χ1v) is 3.54. The predicted octanol–water partition coefficient (Wildman–Crippen LogP) is 1.85. The standard InChI is InChI=1S/C5H9Cl2NO2/c1-4(8(6)7)2-3-5(9)10/h4H,2-3H2,1H3,(H,9,10). The molecule has 3 nitrogen and oxygen atoms in total. The van der Waals surface area contributed by atoms with E-state index in [0.29, 0.717) is 6.42 Å². The van der Waals surface area contributed by atoms with E-state index in [2.05, 4.69) is 0 Å². The van der Waals surface area contributed by atoms with Gasteiger partial charge in [-0.3, -0.25) is 4.79 Å². The van der Waals surface area contributed by atoms with Crippen molar-refractivity contribution in [3.05, 3.63) is 0 Å². The first-order chi connectivity index (χ1) is 4.54. The molecule has 60 valence electrons. The molecule has 0 radical (unpaired) electrons. The minimum atomic E-state index is -0.831. The van der Waals surface area contributed by atoms with Gasteiger partial charge < -0.3 is 5.11 Å². The molecule has 0 aromatic rings. The zero-order valence-electron chi connectivity index (χ0n) is 5.55. The van der Waals surface area contributed by atoms with E-state index in [0.717, 1.165) is 3.94 Å². The minimum Gasteiger partial charge on any atom is -0.481 e. The number of hydrogen-bond acceptors (Lipinski definition) is 2. The third-order valence-corrected chi connectivity index (χ3v) is 1.78. The average molecular weight is 186 g/mol. The van der Waals surface area contributed by atoms with Gasteiger partial charge >= 0.3 is 5.97 Å². The molecule has 1 N–H and O–H groups in total. The lowest BCUT2D eigenvalue weighted by Gasteiger charge is -2.11. The summed E-state index contributed by atoms with van der Waals surface area (Å²) in [6.45, 7) is 1.75. The summed E-state index contributed by atoms with van der Waals surface area (Å²) in [5.74, 6) is -0.831. The summed E-state index contributed by atoms with van der Waals surface area (Å²) in [5.41, 5.74) is 0. The molecule has 0 aromatic heterocycles. The van der Waals surface area contributed by atoms with Gasteiger partial charge in [0.05, 0.1) is 0 Å². The molecule has 0 aliphatic rings. The van der Waals surface area contributed by atoms with E-state index >= 15 is 0 Å². The van der Waals surface area contributed by atoms with Crippen molar-refractivity contribution in [1.82, 2.24) is 3.94 Å². The van der Waals surface area contributed by atoms with Gasteiger partial charge in [-0.2, -0.15) is 0 Å². The monoisotopic (exact) mass is 185 g/mol. The third kappa shape index (κ3) is 4.85. The molecular formula is C5H9Cl2NO2. The molecule has 0 rings (SSSR count). The summed E-state index contributed by atoms with van der Waals surface area (Å²) in [7, 11) is 0. The van der Waals surface area contributed by atoms with Crippen molar-refractivity contribution in [3.8, 4) is 0 Å². The zero-order valence-corrected chi connectivity index (χ0v) is 7.06. The first-order valence-electron chi connectivity index (χ1n) is 2.86. The van der Waals surface area contributed by atoms with Crippen molar-refractivity contribution in [2.75, 3.05) is 0 Å². The molecule has 0 aliphatic carbocycles.